The molecule has 2 aliphatic carbocycles. The number of nitrogens with one attached hydrogen (secondary N) is 1. The molecule has 1 saturated carbocycles. The van der Waals surface area contributed by atoms with Crippen molar-refractivity contribution in [3.05, 3.63) is 81.2 Å². The molecule has 194 valence electrons. The lowest BCUT2D eigenvalue weighted by atomic mass is 9.71. The molecule has 1 N–H and O–H groups in total. The molecular weight excluding hydrogens is 490 g/mol. The van der Waals surface area contributed by atoms with Gasteiger partial charge in [0, 0.05) is 34.3 Å². The number of dihydropyridines is 1. The number of methoxy groups -OCH3 is 2. The third-order valence-corrected chi connectivity index (χ3v) is 7.92. The van der Waals surface area contributed by atoms with Crippen LogP contribution in [0.4, 0.5) is 0 Å². The van der Waals surface area contributed by atoms with E-state index in [4.69, 9.17) is 25.8 Å². The molecule has 37 heavy (non-hydrogen) atoms. The molecule has 1 heterocycles. The summed E-state index contributed by atoms with van der Waals surface area (Å²) >= 11 is 6.36. The van der Waals surface area contributed by atoms with Crippen molar-refractivity contribution in [1.82, 2.24) is 5.32 Å². The first kappa shape index (κ1) is 25.4. The van der Waals surface area contributed by atoms with Crippen molar-refractivity contribution < 1.29 is 23.8 Å². The van der Waals surface area contributed by atoms with Crippen molar-refractivity contribution >= 4 is 23.4 Å². The van der Waals surface area contributed by atoms with Gasteiger partial charge >= 0.3 is 5.97 Å². The smallest absolute Gasteiger partial charge is 0.337 e. The first-order chi connectivity index (χ1) is 17.9. The summed E-state index contributed by atoms with van der Waals surface area (Å²) < 4.78 is 16.8. The van der Waals surface area contributed by atoms with E-state index in [9.17, 15) is 9.59 Å². The van der Waals surface area contributed by atoms with Crippen LogP contribution in [-0.4, -0.2) is 32.1 Å². The van der Waals surface area contributed by atoms with Gasteiger partial charge in [-0.3, -0.25) is 4.79 Å². The van der Waals surface area contributed by atoms with Crippen LogP contribution in [0.1, 0.15) is 68.4 Å². The molecule has 2 aromatic carbocycles. The van der Waals surface area contributed by atoms with Crippen LogP contribution < -0.4 is 14.8 Å². The molecule has 7 heteroatoms. The molecule has 0 spiro atoms. The highest BCUT2D eigenvalue weighted by molar-refractivity contribution is 6.30. The van der Waals surface area contributed by atoms with Gasteiger partial charge in [0.05, 0.1) is 19.8 Å². The Labute approximate surface area is 222 Å². The molecule has 2 atom stereocenters. The van der Waals surface area contributed by atoms with Crippen LogP contribution in [0.3, 0.4) is 0 Å². The Bertz CT molecular complexity index is 1290. The van der Waals surface area contributed by atoms with Crippen molar-refractivity contribution in [3.8, 4) is 11.5 Å². The maximum absolute atomic E-state index is 13.8. The van der Waals surface area contributed by atoms with Crippen LogP contribution in [0.2, 0.25) is 5.02 Å². The minimum Gasteiger partial charge on any atom is -0.493 e. The summed E-state index contributed by atoms with van der Waals surface area (Å²) in [7, 11) is 3.21. The predicted molar refractivity (Wildman–Crippen MR) is 142 cm³/mol. The molecule has 0 saturated heterocycles. The number of allylic oxidation sites excluding steroid dienone is 3. The van der Waals surface area contributed by atoms with E-state index in [1.807, 2.05) is 43.3 Å². The molecule has 0 bridgehead atoms. The Morgan fingerprint density at radius 3 is 2.43 bits per heavy atom. The van der Waals surface area contributed by atoms with E-state index in [0.717, 1.165) is 42.5 Å². The summed E-state index contributed by atoms with van der Waals surface area (Å²) in [6.45, 7) is 1.89. The fourth-order valence-corrected chi connectivity index (χ4v) is 6.09. The minimum absolute atomic E-state index is 0.0113. The van der Waals surface area contributed by atoms with E-state index in [1.165, 1.54) is 0 Å². The highest BCUT2D eigenvalue weighted by Crippen LogP contribution is 2.47. The number of hydrogen-bond acceptors (Lipinski definition) is 6. The number of Topliss-reactive ketones (excluding diaryl/α,β-unsaturated/α-hetero) is 1. The van der Waals surface area contributed by atoms with Gasteiger partial charge in [0.25, 0.3) is 0 Å². The first-order valence-corrected chi connectivity index (χ1v) is 13.2. The Kier molecular flexibility index (Phi) is 7.29. The van der Waals surface area contributed by atoms with Crippen LogP contribution in [0.25, 0.3) is 0 Å². The quantitative estimate of drug-likeness (QED) is 0.456. The Hall–Kier alpha value is -3.25. The molecule has 5 rings (SSSR count). The van der Waals surface area contributed by atoms with Crippen LogP contribution in [-0.2, 0) is 14.3 Å². The second kappa shape index (κ2) is 10.6. The molecule has 1 aliphatic heterocycles. The minimum atomic E-state index is -0.525. The number of carbonyl (C=O) groups excluding carboxylic acids is 2. The van der Waals surface area contributed by atoms with Gasteiger partial charge in [0.15, 0.2) is 17.3 Å². The van der Waals surface area contributed by atoms with Crippen molar-refractivity contribution in [2.24, 2.45) is 0 Å². The third kappa shape index (κ3) is 4.99. The van der Waals surface area contributed by atoms with Gasteiger partial charge in [-0.25, -0.2) is 4.79 Å². The van der Waals surface area contributed by atoms with Crippen molar-refractivity contribution in [3.63, 3.8) is 0 Å². The number of hydrogen-bond donors (Lipinski definition) is 1. The number of esters is 1. The zero-order chi connectivity index (χ0) is 26.1. The average Bonchev–Trinajstić information content (AvgIpc) is 3.40. The summed E-state index contributed by atoms with van der Waals surface area (Å²) in [6, 6.07) is 13.2. The van der Waals surface area contributed by atoms with E-state index < -0.39 is 5.92 Å². The lowest BCUT2D eigenvalue weighted by molar-refractivity contribution is -0.144. The molecule has 0 aromatic heterocycles. The molecule has 3 aliphatic rings. The van der Waals surface area contributed by atoms with Crippen LogP contribution in [0, 0.1) is 0 Å². The molecule has 0 amide bonds. The number of halogens is 1. The summed E-state index contributed by atoms with van der Waals surface area (Å²) in [6.07, 6.45) is 4.79. The Morgan fingerprint density at radius 1 is 0.973 bits per heavy atom. The highest BCUT2D eigenvalue weighted by atomic mass is 35.5. The summed E-state index contributed by atoms with van der Waals surface area (Å²) in [5.74, 6) is 0.379. The Balaban J connectivity index is 1.53. The third-order valence-electron chi connectivity index (χ3n) is 7.68. The maximum atomic E-state index is 13.8. The molecule has 0 unspecified atom stereocenters. The van der Waals surface area contributed by atoms with Gasteiger partial charge in [0.1, 0.15) is 6.10 Å². The molecule has 2 aromatic rings. The average molecular weight is 522 g/mol. The molecular formula is C30H32ClNO5. The van der Waals surface area contributed by atoms with E-state index >= 15 is 0 Å². The normalized spacial score (nSPS) is 22.0. The lowest BCUT2D eigenvalue weighted by Gasteiger charge is -2.37. The molecule has 6 nitrogen and oxygen atoms in total. The highest BCUT2D eigenvalue weighted by Gasteiger charge is 2.42. The number of rotatable bonds is 6. The lowest BCUT2D eigenvalue weighted by Crippen LogP contribution is -2.36. The second-order valence-electron chi connectivity index (χ2n) is 10.00. The van der Waals surface area contributed by atoms with E-state index in [0.29, 0.717) is 46.2 Å². The van der Waals surface area contributed by atoms with E-state index in [1.54, 1.807) is 20.3 Å². The van der Waals surface area contributed by atoms with Crippen molar-refractivity contribution in [2.45, 2.75) is 63.4 Å². The fraction of sp³-hybridized carbons (Fsp3) is 0.400. The summed E-state index contributed by atoms with van der Waals surface area (Å²) in [5, 5.41) is 3.98. The predicted octanol–water partition coefficient (Wildman–Crippen LogP) is 6.20. The van der Waals surface area contributed by atoms with Gasteiger partial charge in [-0.2, -0.15) is 0 Å². The zero-order valence-corrected chi connectivity index (χ0v) is 22.2. The molecule has 1 fully saturated rings. The maximum Gasteiger partial charge on any atom is 0.337 e. The van der Waals surface area contributed by atoms with Crippen LogP contribution in [0.5, 0.6) is 11.5 Å². The van der Waals surface area contributed by atoms with Gasteiger partial charge in [-0.1, -0.05) is 29.8 Å². The van der Waals surface area contributed by atoms with Crippen molar-refractivity contribution in [1.29, 1.82) is 0 Å². The second-order valence-corrected chi connectivity index (χ2v) is 10.4. The largest absolute Gasteiger partial charge is 0.493 e. The topological polar surface area (TPSA) is 73.9 Å². The summed E-state index contributed by atoms with van der Waals surface area (Å²) in [5.41, 5.74) is 4.50. The van der Waals surface area contributed by atoms with Gasteiger partial charge in [0.2, 0.25) is 0 Å². The van der Waals surface area contributed by atoms with Gasteiger partial charge in [-0.15, -0.1) is 0 Å². The van der Waals surface area contributed by atoms with Crippen molar-refractivity contribution in [2.75, 3.05) is 14.2 Å². The molecule has 0 radical (unpaired) electrons. The zero-order valence-electron chi connectivity index (χ0n) is 21.4. The number of carbonyl (C=O) groups is 2. The van der Waals surface area contributed by atoms with E-state index in [-0.39, 0.29) is 23.8 Å². The van der Waals surface area contributed by atoms with Gasteiger partial charge in [-0.05, 0) is 80.3 Å². The van der Waals surface area contributed by atoms with Crippen LogP contribution >= 0.6 is 11.6 Å². The fourth-order valence-electron chi connectivity index (χ4n) is 5.89. The Morgan fingerprint density at radius 2 is 1.73 bits per heavy atom. The summed E-state index contributed by atoms with van der Waals surface area (Å²) in [4.78, 5) is 27.3. The number of ketones is 1. The SMILES string of the molecule is COc1ccc([C@H]2CC(=O)C3=C(C2)NC(C)=C(C(=O)OC2CCCC2)[C@H]3c2cccc(Cl)c2)cc1OC. The van der Waals surface area contributed by atoms with Crippen LogP contribution in [0.15, 0.2) is 65.0 Å². The standard InChI is InChI=1S/C30H32ClNO5/c1-17-27(30(34)37-22-9-4-5-10-22)28(19-7-6-8-21(31)13-19)29-23(32-17)14-20(15-24(29)33)18-11-12-25(35-2)26(16-18)36-3/h6-8,11-13,16,20,22,28,32H,4-5,9-10,14-15H2,1-3H3/t20-,28-/m1/s1. The number of benzene rings is 2. The van der Waals surface area contributed by atoms with E-state index in [2.05, 4.69) is 5.32 Å². The monoisotopic (exact) mass is 521 g/mol. The van der Waals surface area contributed by atoms with Gasteiger partial charge < -0.3 is 19.5 Å². The first-order valence-electron chi connectivity index (χ1n) is 12.8. The number of ether oxygens (including phenoxy) is 3.